The molecule has 3 rings (SSSR count). The van der Waals surface area contributed by atoms with Crippen LogP contribution in [0.15, 0.2) is 48.5 Å². The fourth-order valence-corrected chi connectivity index (χ4v) is 2.05. The third kappa shape index (κ3) is 1.73. The van der Waals surface area contributed by atoms with Crippen molar-refractivity contribution in [2.75, 3.05) is 0 Å². The molecule has 92 valence electrons. The van der Waals surface area contributed by atoms with E-state index >= 15 is 0 Å². The zero-order valence-corrected chi connectivity index (χ0v) is 9.85. The smallest absolute Gasteiger partial charge is 0.194 e. The minimum atomic E-state index is -0.0641. The number of hydrogen-bond acceptors (Lipinski definition) is 4. The third-order valence-corrected chi connectivity index (χ3v) is 2.83. The number of benzene rings is 2. The van der Waals surface area contributed by atoms with Crippen molar-refractivity contribution in [1.82, 2.24) is 12.3 Å². The molecular formula is C14H14N2O2. The van der Waals surface area contributed by atoms with Crippen molar-refractivity contribution in [3.8, 4) is 0 Å². The SMILES string of the molecule is N.N.O=C1c2ccccc2C(=O)c2ccccc21. The van der Waals surface area contributed by atoms with Crippen molar-refractivity contribution in [1.29, 1.82) is 0 Å². The van der Waals surface area contributed by atoms with E-state index in [1.807, 2.05) is 0 Å². The van der Waals surface area contributed by atoms with Crippen LogP contribution in [0.1, 0.15) is 31.8 Å². The summed E-state index contributed by atoms with van der Waals surface area (Å²) in [4.78, 5) is 24.2. The lowest BCUT2D eigenvalue weighted by Crippen LogP contribution is -2.20. The predicted molar refractivity (Wildman–Crippen MR) is 69.8 cm³/mol. The third-order valence-electron chi connectivity index (χ3n) is 2.83. The molecule has 0 saturated heterocycles. The number of carbonyl (C=O) groups is 2. The predicted octanol–water partition coefficient (Wildman–Crippen LogP) is 2.79. The van der Waals surface area contributed by atoms with Crippen LogP contribution in [0.25, 0.3) is 0 Å². The van der Waals surface area contributed by atoms with Crippen molar-refractivity contribution in [2.45, 2.75) is 0 Å². The van der Waals surface area contributed by atoms with E-state index in [1.54, 1.807) is 48.5 Å². The molecule has 4 nitrogen and oxygen atoms in total. The van der Waals surface area contributed by atoms with Gasteiger partial charge in [0.2, 0.25) is 0 Å². The van der Waals surface area contributed by atoms with E-state index in [0.717, 1.165) is 0 Å². The summed E-state index contributed by atoms with van der Waals surface area (Å²) in [6.45, 7) is 0. The van der Waals surface area contributed by atoms with E-state index in [4.69, 9.17) is 0 Å². The van der Waals surface area contributed by atoms with Crippen molar-refractivity contribution >= 4 is 11.6 Å². The molecule has 1 aliphatic carbocycles. The van der Waals surface area contributed by atoms with Gasteiger partial charge < -0.3 is 12.3 Å². The van der Waals surface area contributed by atoms with E-state index in [2.05, 4.69) is 0 Å². The van der Waals surface area contributed by atoms with Crippen molar-refractivity contribution in [3.63, 3.8) is 0 Å². The van der Waals surface area contributed by atoms with E-state index in [-0.39, 0.29) is 23.9 Å². The van der Waals surface area contributed by atoms with Gasteiger partial charge in [-0.25, -0.2) is 0 Å². The van der Waals surface area contributed by atoms with Gasteiger partial charge in [0.15, 0.2) is 11.6 Å². The molecule has 0 heterocycles. The Morgan fingerprint density at radius 2 is 0.722 bits per heavy atom. The summed E-state index contributed by atoms with van der Waals surface area (Å²) >= 11 is 0. The number of hydrogen-bond donors (Lipinski definition) is 2. The maximum absolute atomic E-state index is 12.1. The van der Waals surface area contributed by atoms with Gasteiger partial charge in [-0.3, -0.25) is 9.59 Å². The number of carbonyl (C=O) groups excluding carboxylic acids is 2. The molecule has 1 aliphatic rings. The van der Waals surface area contributed by atoms with Gasteiger partial charge in [-0.15, -0.1) is 0 Å². The lowest BCUT2D eigenvalue weighted by atomic mass is 9.84. The molecule has 0 radical (unpaired) electrons. The summed E-state index contributed by atoms with van der Waals surface area (Å²) in [5, 5.41) is 0. The van der Waals surface area contributed by atoms with E-state index in [9.17, 15) is 9.59 Å². The van der Waals surface area contributed by atoms with Crippen molar-refractivity contribution in [2.24, 2.45) is 0 Å². The van der Waals surface area contributed by atoms with Crippen LogP contribution in [-0.2, 0) is 0 Å². The molecule has 0 aromatic heterocycles. The Hall–Kier alpha value is -2.30. The number of fused-ring (bicyclic) bond motifs is 2. The molecule has 0 aliphatic heterocycles. The van der Waals surface area contributed by atoms with Crippen LogP contribution in [0.4, 0.5) is 0 Å². The maximum atomic E-state index is 12.1. The van der Waals surface area contributed by atoms with Crippen LogP contribution in [0.5, 0.6) is 0 Å². The Labute approximate surface area is 105 Å². The molecule has 0 bridgehead atoms. The molecule has 18 heavy (non-hydrogen) atoms. The first-order valence-corrected chi connectivity index (χ1v) is 5.06. The lowest BCUT2D eigenvalue weighted by Gasteiger charge is -2.16. The maximum Gasteiger partial charge on any atom is 0.194 e. The van der Waals surface area contributed by atoms with Gasteiger partial charge in [0, 0.05) is 22.3 Å². The Balaban J connectivity index is 0.000000810. The second-order valence-corrected chi connectivity index (χ2v) is 3.75. The van der Waals surface area contributed by atoms with Gasteiger partial charge in [0.1, 0.15) is 0 Å². The van der Waals surface area contributed by atoms with Crippen LogP contribution >= 0.6 is 0 Å². The molecule has 2 aromatic carbocycles. The average molecular weight is 242 g/mol. The Morgan fingerprint density at radius 3 is 0.944 bits per heavy atom. The molecule has 0 unspecified atom stereocenters. The minimum Gasteiger partial charge on any atom is -0.344 e. The standard InChI is InChI=1S/C14H8O2.2H3N/c15-13-9-5-1-2-6-10(9)14(16)12-8-4-3-7-11(12)13;;/h1-8H;2*1H3. The first-order valence-electron chi connectivity index (χ1n) is 5.06. The first-order chi connectivity index (χ1) is 7.79. The zero-order chi connectivity index (χ0) is 11.1. The van der Waals surface area contributed by atoms with Gasteiger partial charge in [-0.2, -0.15) is 0 Å². The summed E-state index contributed by atoms with van der Waals surface area (Å²) in [6, 6.07) is 13.9. The van der Waals surface area contributed by atoms with Crippen LogP contribution in [0.2, 0.25) is 0 Å². The second kappa shape index (κ2) is 4.91. The summed E-state index contributed by atoms with van der Waals surface area (Å²) in [5.41, 5.74) is 2.02. The summed E-state index contributed by atoms with van der Waals surface area (Å²) in [5.74, 6) is -0.128. The average Bonchev–Trinajstić information content (AvgIpc) is 2.36. The molecule has 0 amide bonds. The fourth-order valence-electron chi connectivity index (χ4n) is 2.05. The molecule has 6 N–H and O–H groups in total. The van der Waals surface area contributed by atoms with Gasteiger partial charge >= 0.3 is 0 Å². The van der Waals surface area contributed by atoms with E-state index in [0.29, 0.717) is 22.3 Å². The lowest BCUT2D eigenvalue weighted by molar-refractivity contribution is 0.0979. The number of rotatable bonds is 0. The van der Waals surface area contributed by atoms with Crippen LogP contribution < -0.4 is 12.3 Å². The Morgan fingerprint density at radius 1 is 0.500 bits per heavy atom. The Kier molecular flexibility index (Phi) is 3.76. The van der Waals surface area contributed by atoms with Gasteiger partial charge in [0.05, 0.1) is 0 Å². The number of ketones is 2. The molecule has 0 spiro atoms. The molecule has 0 atom stereocenters. The summed E-state index contributed by atoms with van der Waals surface area (Å²) < 4.78 is 0. The fraction of sp³-hybridized carbons (Fsp3) is 0. The molecule has 0 saturated carbocycles. The first kappa shape index (κ1) is 13.8. The van der Waals surface area contributed by atoms with Crippen LogP contribution in [0.3, 0.4) is 0 Å². The van der Waals surface area contributed by atoms with Crippen LogP contribution in [-0.4, -0.2) is 11.6 Å². The van der Waals surface area contributed by atoms with Gasteiger partial charge in [-0.05, 0) is 0 Å². The molecule has 4 heteroatoms. The highest BCUT2D eigenvalue weighted by atomic mass is 16.1. The highest BCUT2D eigenvalue weighted by molar-refractivity contribution is 6.28. The van der Waals surface area contributed by atoms with Crippen molar-refractivity contribution in [3.05, 3.63) is 70.8 Å². The highest BCUT2D eigenvalue weighted by Crippen LogP contribution is 2.26. The Bertz CT molecular complexity index is 515. The van der Waals surface area contributed by atoms with E-state index in [1.165, 1.54) is 0 Å². The zero-order valence-electron chi connectivity index (χ0n) is 9.85. The normalized spacial score (nSPS) is 11.8. The van der Waals surface area contributed by atoms with Gasteiger partial charge in [0.25, 0.3) is 0 Å². The highest BCUT2D eigenvalue weighted by Gasteiger charge is 2.28. The van der Waals surface area contributed by atoms with Gasteiger partial charge in [-0.1, -0.05) is 48.5 Å². The van der Waals surface area contributed by atoms with Crippen molar-refractivity contribution < 1.29 is 9.59 Å². The topological polar surface area (TPSA) is 104 Å². The summed E-state index contributed by atoms with van der Waals surface area (Å²) in [7, 11) is 0. The molecular weight excluding hydrogens is 228 g/mol. The van der Waals surface area contributed by atoms with E-state index < -0.39 is 0 Å². The minimum absolute atomic E-state index is 0. The summed E-state index contributed by atoms with van der Waals surface area (Å²) in [6.07, 6.45) is 0. The monoisotopic (exact) mass is 242 g/mol. The second-order valence-electron chi connectivity index (χ2n) is 3.75. The quantitative estimate of drug-likeness (QED) is 0.632. The van der Waals surface area contributed by atoms with Crippen LogP contribution in [0, 0.1) is 0 Å². The molecule has 2 aromatic rings. The molecule has 0 fully saturated rings. The largest absolute Gasteiger partial charge is 0.344 e.